The predicted molar refractivity (Wildman–Crippen MR) is 104 cm³/mol. The van der Waals surface area contributed by atoms with Crippen molar-refractivity contribution in [2.45, 2.75) is 16.7 Å². The van der Waals surface area contributed by atoms with E-state index in [-0.39, 0.29) is 26.7 Å². The van der Waals surface area contributed by atoms with Crippen LogP contribution in [0.15, 0.2) is 76.5 Å². The fourth-order valence-corrected chi connectivity index (χ4v) is 4.21. The number of Topliss-reactive ketones (excluding diaryl/α,β-unsaturated/α-hetero) is 1. The Morgan fingerprint density at radius 2 is 1.57 bits per heavy atom. The van der Waals surface area contributed by atoms with Gasteiger partial charge in [-0.05, 0) is 42.8 Å². The Morgan fingerprint density at radius 3 is 2.21 bits per heavy atom. The van der Waals surface area contributed by atoms with E-state index < -0.39 is 21.5 Å². The van der Waals surface area contributed by atoms with E-state index in [9.17, 15) is 22.0 Å². The van der Waals surface area contributed by atoms with Crippen LogP contribution in [0, 0.1) is 11.6 Å². The molecule has 0 unspecified atom stereocenters. The second-order valence-electron chi connectivity index (χ2n) is 6.12. The molecule has 0 aliphatic carbocycles. The highest BCUT2D eigenvalue weighted by atomic mass is 32.2. The summed E-state index contributed by atoms with van der Waals surface area (Å²) in [6.45, 7) is 1.32. The SMILES string of the molecule is CC(=O)c1ccccc1S(=O)(=O)c1ccc(/C=C/c2ccc(F)cc2F)cc1. The predicted octanol–water partition coefficient (Wildman–Crippen LogP) is 5.17. The van der Waals surface area contributed by atoms with Gasteiger partial charge in [0.05, 0.1) is 9.79 Å². The molecule has 142 valence electrons. The Morgan fingerprint density at radius 1 is 0.893 bits per heavy atom. The zero-order chi connectivity index (χ0) is 20.3. The van der Waals surface area contributed by atoms with Gasteiger partial charge in [0, 0.05) is 17.2 Å². The highest BCUT2D eigenvalue weighted by molar-refractivity contribution is 7.91. The highest BCUT2D eigenvalue weighted by Gasteiger charge is 2.22. The molecule has 0 spiro atoms. The summed E-state index contributed by atoms with van der Waals surface area (Å²) in [6, 6.07) is 15.3. The van der Waals surface area contributed by atoms with Crippen molar-refractivity contribution in [2.75, 3.05) is 0 Å². The average molecular weight is 398 g/mol. The number of rotatable bonds is 5. The van der Waals surface area contributed by atoms with Crippen LogP contribution in [0.1, 0.15) is 28.4 Å². The molecule has 0 bridgehead atoms. The first-order valence-corrected chi connectivity index (χ1v) is 9.85. The van der Waals surface area contributed by atoms with Gasteiger partial charge in [0.15, 0.2) is 5.78 Å². The number of hydrogen-bond acceptors (Lipinski definition) is 3. The number of carbonyl (C=O) groups is 1. The maximum Gasteiger partial charge on any atom is 0.207 e. The Balaban J connectivity index is 1.90. The molecule has 3 aromatic carbocycles. The molecule has 0 saturated heterocycles. The van der Waals surface area contributed by atoms with E-state index in [0.717, 1.165) is 12.1 Å². The summed E-state index contributed by atoms with van der Waals surface area (Å²) < 4.78 is 52.4. The minimum Gasteiger partial charge on any atom is -0.294 e. The molecule has 0 aromatic heterocycles. The molecule has 0 saturated carbocycles. The summed E-state index contributed by atoms with van der Waals surface area (Å²) >= 11 is 0. The molecule has 0 radical (unpaired) electrons. The topological polar surface area (TPSA) is 51.2 Å². The van der Waals surface area contributed by atoms with Crippen molar-refractivity contribution < 1.29 is 22.0 Å². The molecule has 3 aromatic rings. The van der Waals surface area contributed by atoms with Crippen LogP contribution in [0.4, 0.5) is 8.78 Å². The summed E-state index contributed by atoms with van der Waals surface area (Å²) in [6.07, 6.45) is 3.07. The van der Waals surface area contributed by atoms with Crippen LogP contribution in [-0.4, -0.2) is 14.2 Å². The quantitative estimate of drug-likeness (QED) is 0.440. The van der Waals surface area contributed by atoms with Crippen molar-refractivity contribution in [2.24, 2.45) is 0 Å². The van der Waals surface area contributed by atoms with E-state index in [4.69, 9.17) is 0 Å². The van der Waals surface area contributed by atoms with E-state index in [0.29, 0.717) is 5.56 Å². The van der Waals surface area contributed by atoms with Gasteiger partial charge in [0.1, 0.15) is 11.6 Å². The van der Waals surface area contributed by atoms with Crippen molar-refractivity contribution in [3.05, 3.63) is 95.1 Å². The van der Waals surface area contributed by atoms with Crippen LogP contribution < -0.4 is 0 Å². The van der Waals surface area contributed by atoms with Crippen LogP contribution in [0.25, 0.3) is 12.2 Å². The lowest BCUT2D eigenvalue weighted by atomic mass is 10.1. The first-order chi connectivity index (χ1) is 13.3. The van der Waals surface area contributed by atoms with Gasteiger partial charge >= 0.3 is 0 Å². The second-order valence-corrected chi connectivity index (χ2v) is 8.04. The van der Waals surface area contributed by atoms with Crippen molar-refractivity contribution in [1.82, 2.24) is 0 Å². The van der Waals surface area contributed by atoms with E-state index in [1.807, 2.05) is 0 Å². The molecule has 0 heterocycles. The van der Waals surface area contributed by atoms with E-state index in [1.54, 1.807) is 30.3 Å². The summed E-state index contributed by atoms with van der Waals surface area (Å²) in [5, 5.41) is 0. The number of hydrogen-bond donors (Lipinski definition) is 0. The third-order valence-electron chi connectivity index (χ3n) is 4.16. The summed E-state index contributed by atoms with van der Waals surface area (Å²) in [7, 11) is -3.86. The molecule has 0 atom stereocenters. The Labute approximate surface area is 161 Å². The third-order valence-corrected chi connectivity index (χ3v) is 5.99. The summed E-state index contributed by atoms with van der Waals surface area (Å²) in [5.41, 5.74) is 0.995. The van der Waals surface area contributed by atoms with Crippen LogP contribution in [0.3, 0.4) is 0 Å². The first-order valence-electron chi connectivity index (χ1n) is 8.37. The van der Waals surface area contributed by atoms with E-state index >= 15 is 0 Å². The third kappa shape index (κ3) is 4.07. The minimum absolute atomic E-state index is 0.0424. The van der Waals surface area contributed by atoms with Gasteiger partial charge < -0.3 is 0 Å². The lowest BCUT2D eigenvalue weighted by Crippen LogP contribution is -2.08. The smallest absolute Gasteiger partial charge is 0.207 e. The number of benzene rings is 3. The second kappa shape index (κ2) is 7.86. The van der Waals surface area contributed by atoms with Crippen molar-refractivity contribution >= 4 is 27.8 Å². The molecule has 3 nitrogen and oxygen atoms in total. The zero-order valence-corrected chi connectivity index (χ0v) is 15.7. The molecule has 28 heavy (non-hydrogen) atoms. The van der Waals surface area contributed by atoms with E-state index in [1.165, 1.54) is 43.3 Å². The summed E-state index contributed by atoms with van der Waals surface area (Å²) in [5.74, 6) is -1.67. The number of ketones is 1. The molecule has 0 aliphatic rings. The van der Waals surface area contributed by atoms with Gasteiger partial charge in [-0.2, -0.15) is 0 Å². The maximum absolute atomic E-state index is 13.7. The van der Waals surface area contributed by atoms with Crippen molar-refractivity contribution in [3.63, 3.8) is 0 Å². The standard InChI is InChI=1S/C22H16F2O3S/c1-15(25)20-4-2-3-5-22(20)28(26,27)19-12-7-16(8-13-19)6-9-17-10-11-18(23)14-21(17)24/h2-14H,1H3/b9-6+. The number of sulfone groups is 1. The van der Waals surface area contributed by atoms with Crippen LogP contribution >= 0.6 is 0 Å². The lowest BCUT2D eigenvalue weighted by Gasteiger charge is -2.08. The maximum atomic E-state index is 13.7. The van der Waals surface area contributed by atoms with Crippen LogP contribution in [0.5, 0.6) is 0 Å². The number of carbonyl (C=O) groups excluding carboxylic acids is 1. The van der Waals surface area contributed by atoms with E-state index in [2.05, 4.69) is 0 Å². The fraction of sp³-hybridized carbons (Fsp3) is 0.0455. The molecule has 0 amide bonds. The first kappa shape index (κ1) is 19.6. The van der Waals surface area contributed by atoms with Crippen molar-refractivity contribution in [3.8, 4) is 0 Å². The number of halogens is 2. The highest BCUT2D eigenvalue weighted by Crippen LogP contribution is 2.25. The normalized spacial score (nSPS) is 11.7. The largest absolute Gasteiger partial charge is 0.294 e. The Hall–Kier alpha value is -3.12. The van der Waals surface area contributed by atoms with Gasteiger partial charge in [-0.25, -0.2) is 17.2 Å². The van der Waals surface area contributed by atoms with Gasteiger partial charge in [0.25, 0.3) is 0 Å². The molecule has 3 rings (SSSR count). The van der Waals surface area contributed by atoms with Crippen LogP contribution in [0.2, 0.25) is 0 Å². The molecule has 0 aliphatic heterocycles. The molecular weight excluding hydrogens is 382 g/mol. The van der Waals surface area contributed by atoms with Gasteiger partial charge in [-0.3, -0.25) is 4.79 Å². The van der Waals surface area contributed by atoms with Crippen LogP contribution in [-0.2, 0) is 9.84 Å². The van der Waals surface area contributed by atoms with Gasteiger partial charge in [-0.1, -0.05) is 42.5 Å². The molecule has 0 fully saturated rings. The summed E-state index contributed by atoms with van der Waals surface area (Å²) in [4.78, 5) is 11.7. The zero-order valence-electron chi connectivity index (χ0n) is 14.9. The molecule has 0 N–H and O–H groups in total. The minimum atomic E-state index is -3.86. The fourth-order valence-electron chi connectivity index (χ4n) is 2.70. The molecule has 6 heteroatoms. The van der Waals surface area contributed by atoms with Gasteiger partial charge in [-0.15, -0.1) is 0 Å². The lowest BCUT2D eigenvalue weighted by molar-refractivity contribution is 0.101. The molecular formula is C22H16F2O3S. The average Bonchev–Trinajstić information content (AvgIpc) is 2.67. The van der Waals surface area contributed by atoms with Gasteiger partial charge in [0.2, 0.25) is 9.84 Å². The monoisotopic (exact) mass is 398 g/mol. The van der Waals surface area contributed by atoms with Crippen molar-refractivity contribution in [1.29, 1.82) is 0 Å². The Kier molecular flexibility index (Phi) is 5.51. The Bertz CT molecular complexity index is 1160.